The highest BCUT2D eigenvalue weighted by Gasteiger charge is 2.21. The van der Waals surface area contributed by atoms with Crippen LogP contribution in [0.25, 0.3) is 0 Å². The van der Waals surface area contributed by atoms with Crippen LogP contribution in [0.1, 0.15) is 25.3 Å². The SMILES string of the molecule is CCOCc1ccccc1NC(=O)[C@H]1CCCNC1. The zero-order chi connectivity index (χ0) is 13.5. The molecule has 1 saturated heterocycles. The van der Waals surface area contributed by atoms with E-state index < -0.39 is 0 Å². The van der Waals surface area contributed by atoms with Crippen molar-refractivity contribution >= 4 is 11.6 Å². The fourth-order valence-electron chi connectivity index (χ4n) is 2.29. The van der Waals surface area contributed by atoms with Crippen LogP contribution in [0.15, 0.2) is 24.3 Å². The van der Waals surface area contributed by atoms with Crippen molar-refractivity contribution in [3.63, 3.8) is 0 Å². The van der Waals surface area contributed by atoms with E-state index in [1.807, 2.05) is 31.2 Å². The molecule has 1 aromatic rings. The number of rotatable bonds is 5. The van der Waals surface area contributed by atoms with Crippen molar-refractivity contribution in [2.75, 3.05) is 25.0 Å². The fourth-order valence-corrected chi connectivity index (χ4v) is 2.29. The van der Waals surface area contributed by atoms with Gasteiger partial charge in [-0.3, -0.25) is 4.79 Å². The third-order valence-electron chi connectivity index (χ3n) is 3.40. The lowest BCUT2D eigenvalue weighted by atomic mass is 9.98. The Hall–Kier alpha value is -1.39. The smallest absolute Gasteiger partial charge is 0.228 e. The largest absolute Gasteiger partial charge is 0.377 e. The number of benzene rings is 1. The summed E-state index contributed by atoms with van der Waals surface area (Å²) in [5.74, 6) is 0.185. The van der Waals surface area contributed by atoms with Crippen molar-refractivity contribution in [3.8, 4) is 0 Å². The average molecular weight is 262 g/mol. The molecule has 0 saturated carbocycles. The molecule has 0 unspecified atom stereocenters. The van der Waals surface area contributed by atoms with Crippen molar-refractivity contribution in [2.45, 2.75) is 26.4 Å². The monoisotopic (exact) mass is 262 g/mol. The van der Waals surface area contributed by atoms with Gasteiger partial charge in [0.15, 0.2) is 0 Å². The van der Waals surface area contributed by atoms with Gasteiger partial charge in [-0.1, -0.05) is 18.2 Å². The lowest BCUT2D eigenvalue weighted by Gasteiger charge is -2.22. The number of carbonyl (C=O) groups excluding carboxylic acids is 1. The van der Waals surface area contributed by atoms with Crippen LogP contribution >= 0.6 is 0 Å². The van der Waals surface area contributed by atoms with Gasteiger partial charge in [-0.25, -0.2) is 0 Å². The van der Waals surface area contributed by atoms with Crippen LogP contribution in [0, 0.1) is 5.92 Å². The molecule has 0 radical (unpaired) electrons. The van der Waals surface area contributed by atoms with Gasteiger partial charge in [0, 0.05) is 24.4 Å². The molecule has 1 atom stereocenters. The summed E-state index contributed by atoms with van der Waals surface area (Å²) in [4.78, 5) is 12.2. The summed E-state index contributed by atoms with van der Waals surface area (Å²) >= 11 is 0. The summed E-state index contributed by atoms with van der Waals surface area (Å²) in [5, 5.41) is 6.30. The Bertz CT molecular complexity index is 414. The molecule has 4 heteroatoms. The fraction of sp³-hybridized carbons (Fsp3) is 0.533. The molecule has 0 aliphatic carbocycles. The Balaban J connectivity index is 1.99. The quantitative estimate of drug-likeness (QED) is 0.855. The summed E-state index contributed by atoms with van der Waals surface area (Å²) in [6, 6.07) is 7.82. The van der Waals surface area contributed by atoms with Crippen LogP contribution in [-0.4, -0.2) is 25.6 Å². The molecule has 1 heterocycles. The standard InChI is InChI=1S/C15H22N2O2/c1-2-19-11-13-6-3-4-8-14(13)17-15(18)12-7-5-9-16-10-12/h3-4,6,8,12,16H,2,5,7,9-11H2,1H3,(H,17,18)/t12-/m0/s1. The van der Waals surface area contributed by atoms with E-state index in [1.54, 1.807) is 0 Å². The summed E-state index contributed by atoms with van der Waals surface area (Å²) < 4.78 is 5.42. The molecule has 4 nitrogen and oxygen atoms in total. The van der Waals surface area contributed by atoms with Crippen LogP contribution in [0.5, 0.6) is 0 Å². The zero-order valence-electron chi connectivity index (χ0n) is 11.4. The Morgan fingerprint density at radius 2 is 2.32 bits per heavy atom. The molecule has 1 aromatic carbocycles. The molecule has 0 aromatic heterocycles. The van der Waals surface area contributed by atoms with E-state index in [4.69, 9.17) is 4.74 Å². The van der Waals surface area contributed by atoms with Crippen molar-refractivity contribution in [3.05, 3.63) is 29.8 Å². The van der Waals surface area contributed by atoms with Gasteiger partial charge in [-0.05, 0) is 32.4 Å². The molecule has 1 aliphatic heterocycles. The van der Waals surface area contributed by atoms with Crippen molar-refractivity contribution in [2.24, 2.45) is 5.92 Å². The number of carbonyl (C=O) groups is 1. The number of piperidine rings is 1. The number of nitrogens with one attached hydrogen (secondary N) is 2. The van der Waals surface area contributed by atoms with Gasteiger partial charge < -0.3 is 15.4 Å². The minimum Gasteiger partial charge on any atom is -0.377 e. The highest BCUT2D eigenvalue weighted by Crippen LogP contribution is 2.19. The van der Waals surface area contributed by atoms with Gasteiger partial charge >= 0.3 is 0 Å². The number of hydrogen-bond acceptors (Lipinski definition) is 3. The van der Waals surface area contributed by atoms with E-state index in [-0.39, 0.29) is 11.8 Å². The minimum atomic E-state index is 0.0777. The van der Waals surface area contributed by atoms with E-state index >= 15 is 0 Å². The van der Waals surface area contributed by atoms with E-state index in [0.717, 1.165) is 37.2 Å². The number of anilines is 1. The van der Waals surface area contributed by atoms with Crippen molar-refractivity contribution < 1.29 is 9.53 Å². The molecule has 2 rings (SSSR count). The Morgan fingerprint density at radius 1 is 1.47 bits per heavy atom. The Labute approximate surface area is 114 Å². The van der Waals surface area contributed by atoms with Gasteiger partial charge in [0.05, 0.1) is 12.5 Å². The van der Waals surface area contributed by atoms with Gasteiger partial charge in [0.25, 0.3) is 0 Å². The molecule has 1 amide bonds. The molecule has 19 heavy (non-hydrogen) atoms. The predicted molar refractivity (Wildman–Crippen MR) is 76.0 cm³/mol. The van der Waals surface area contributed by atoms with E-state index in [1.165, 1.54) is 0 Å². The maximum absolute atomic E-state index is 12.2. The predicted octanol–water partition coefficient (Wildman–Crippen LogP) is 2.16. The molecule has 104 valence electrons. The van der Waals surface area contributed by atoms with Crippen LogP contribution in [0.2, 0.25) is 0 Å². The maximum atomic E-state index is 12.2. The highest BCUT2D eigenvalue weighted by atomic mass is 16.5. The van der Waals surface area contributed by atoms with Gasteiger partial charge in [0.2, 0.25) is 5.91 Å². The normalized spacial score (nSPS) is 19.1. The molecule has 1 aliphatic rings. The number of hydrogen-bond donors (Lipinski definition) is 2. The van der Waals surface area contributed by atoms with Crippen LogP contribution in [0.3, 0.4) is 0 Å². The number of ether oxygens (including phenoxy) is 1. The topological polar surface area (TPSA) is 50.4 Å². The minimum absolute atomic E-state index is 0.0777. The molecule has 0 spiro atoms. The Morgan fingerprint density at radius 3 is 3.05 bits per heavy atom. The first-order valence-electron chi connectivity index (χ1n) is 6.98. The van der Waals surface area contributed by atoms with Crippen molar-refractivity contribution in [1.82, 2.24) is 5.32 Å². The first kappa shape index (κ1) is 14.0. The van der Waals surface area contributed by atoms with Crippen molar-refractivity contribution in [1.29, 1.82) is 0 Å². The first-order chi connectivity index (χ1) is 9.31. The van der Waals surface area contributed by atoms with Gasteiger partial charge in [-0.15, -0.1) is 0 Å². The zero-order valence-corrected chi connectivity index (χ0v) is 11.4. The number of para-hydroxylation sites is 1. The second kappa shape index (κ2) is 7.26. The summed E-state index contributed by atoms with van der Waals surface area (Å²) in [6.45, 7) is 4.98. The van der Waals surface area contributed by atoms with E-state index in [9.17, 15) is 4.79 Å². The van der Waals surface area contributed by atoms with E-state index in [2.05, 4.69) is 10.6 Å². The summed E-state index contributed by atoms with van der Waals surface area (Å²) in [5.41, 5.74) is 1.90. The second-order valence-electron chi connectivity index (χ2n) is 4.83. The number of amides is 1. The highest BCUT2D eigenvalue weighted by molar-refractivity contribution is 5.93. The lowest BCUT2D eigenvalue weighted by Crippen LogP contribution is -2.37. The third kappa shape index (κ3) is 4.04. The first-order valence-corrected chi connectivity index (χ1v) is 6.98. The third-order valence-corrected chi connectivity index (χ3v) is 3.40. The summed E-state index contributed by atoms with van der Waals surface area (Å²) in [6.07, 6.45) is 2.03. The second-order valence-corrected chi connectivity index (χ2v) is 4.83. The molecular formula is C15H22N2O2. The van der Waals surface area contributed by atoms with Crippen LogP contribution in [0.4, 0.5) is 5.69 Å². The van der Waals surface area contributed by atoms with Crippen LogP contribution < -0.4 is 10.6 Å². The Kier molecular flexibility index (Phi) is 5.36. The molecule has 1 fully saturated rings. The average Bonchev–Trinajstić information content (AvgIpc) is 2.47. The van der Waals surface area contributed by atoms with Gasteiger partial charge in [-0.2, -0.15) is 0 Å². The molecule has 2 N–H and O–H groups in total. The van der Waals surface area contributed by atoms with Crippen LogP contribution in [-0.2, 0) is 16.1 Å². The van der Waals surface area contributed by atoms with E-state index in [0.29, 0.717) is 13.2 Å². The lowest BCUT2D eigenvalue weighted by molar-refractivity contribution is -0.120. The van der Waals surface area contributed by atoms with Gasteiger partial charge in [0.1, 0.15) is 0 Å². The maximum Gasteiger partial charge on any atom is 0.228 e. The summed E-state index contributed by atoms with van der Waals surface area (Å²) in [7, 11) is 0. The molecule has 0 bridgehead atoms. The molecular weight excluding hydrogens is 240 g/mol.